The number of hydrogen-bond acceptors (Lipinski definition) is 4. The molecule has 0 saturated carbocycles. The van der Waals surface area contributed by atoms with E-state index in [1.165, 1.54) is 4.88 Å². The van der Waals surface area contributed by atoms with Crippen molar-refractivity contribution >= 4 is 28.6 Å². The van der Waals surface area contributed by atoms with Gasteiger partial charge in [0.15, 0.2) is 0 Å². The average Bonchev–Trinajstić information content (AvgIpc) is 3.00. The molecule has 86 valence electrons. The molecule has 0 bridgehead atoms. The molecule has 0 fully saturated rings. The second-order valence-corrected chi connectivity index (χ2v) is 5.18. The van der Waals surface area contributed by atoms with Gasteiger partial charge in [-0.3, -0.25) is 0 Å². The van der Waals surface area contributed by atoms with Crippen molar-refractivity contribution in [2.45, 2.75) is 6.04 Å². The van der Waals surface area contributed by atoms with Crippen molar-refractivity contribution in [2.24, 2.45) is 10.3 Å². The Morgan fingerprint density at radius 1 is 1.24 bits per heavy atom. The molecule has 0 spiro atoms. The van der Waals surface area contributed by atoms with E-state index in [1.807, 2.05) is 29.3 Å². The van der Waals surface area contributed by atoms with E-state index >= 15 is 0 Å². The van der Waals surface area contributed by atoms with Gasteiger partial charge in [0.25, 0.3) is 0 Å². The van der Waals surface area contributed by atoms with E-state index in [9.17, 15) is 0 Å². The lowest BCUT2D eigenvalue weighted by Gasteiger charge is -2.20. The Morgan fingerprint density at radius 3 is 2.76 bits per heavy atom. The summed E-state index contributed by atoms with van der Waals surface area (Å²) in [5.74, 6) is 0. The summed E-state index contributed by atoms with van der Waals surface area (Å²) in [7, 11) is 0. The maximum Gasteiger partial charge on any atom is 0.110 e. The predicted octanol–water partition coefficient (Wildman–Crippen LogP) is 4.33. The minimum atomic E-state index is 0.219. The van der Waals surface area contributed by atoms with Crippen molar-refractivity contribution in [3.8, 4) is 0 Å². The van der Waals surface area contributed by atoms with E-state index in [4.69, 9.17) is 11.6 Å². The van der Waals surface area contributed by atoms with Gasteiger partial charge in [-0.05, 0) is 35.7 Å². The van der Waals surface area contributed by atoms with E-state index in [-0.39, 0.29) is 6.04 Å². The van der Waals surface area contributed by atoms with Crippen LogP contribution in [0.5, 0.6) is 0 Å². The van der Waals surface area contributed by atoms with Gasteiger partial charge in [-0.15, -0.1) is 11.3 Å². The summed E-state index contributed by atoms with van der Waals surface area (Å²) in [4.78, 5) is 1.28. The van der Waals surface area contributed by atoms with Gasteiger partial charge in [-0.1, -0.05) is 22.9 Å². The monoisotopic (exact) mass is 263 g/mol. The summed E-state index contributed by atoms with van der Waals surface area (Å²) in [6.07, 6.45) is 0. The molecule has 0 radical (unpaired) electrons. The highest BCUT2D eigenvalue weighted by molar-refractivity contribution is 7.10. The van der Waals surface area contributed by atoms with Gasteiger partial charge in [0.2, 0.25) is 0 Å². The number of nitrogens with zero attached hydrogens (tertiary/aromatic N) is 3. The first-order valence-corrected chi connectivity index (χ1v) is 6.56. The molecule has 3 rings (SSSR count). The van der Waals surface area contributed by atoms with Crippen molar-refractivity contribution in [2.75, 3.05) is 11.6 Å². The minimum absolute atomic E-state index is 0.219. The Labute approximate surface area is 108 Å². The number of halogens is 1. The lowest BCUT2D eigenvalue weighted by Crippen LogP contribution is -2.19. The lowest BCUT2D eigenvalue weighted by molar-refractivity contribution is 0.746. The minimum Gasteiger partial charge on any atom is -0.237 e. The SMILES string of the molecule is Clc1ccc(N2N=NCC2c2cccs2)cc1. The van der Waals surface area contributed by atoms with Gasteiger partial charge in [-0.25, -0.2) is 5.01 Å². The number of thiophene rings is 1. The van der Waals surface area contributed by atoms with Crippen LogP contribution in [0.25, 0.3) is 0 Å². The Balaban J connectivity index is 1.91. The van der Waals surface area contributed by atoms with Crippen LogP contribution in [0.4, 0.5) is 5.69 Å². The lowest BCUT2D eigenvalue weighted by atomic mass is 10.2. The van der Waals surface area contributed by atoms with Gasteiger partial charge < -0.3 is 0 Å². The second-order valence-electron chi connectivity index (χ2n) is 3.77. The van der Waals surface area contributed by atoms with E-state index in [0.717, 1.165) is 10.7 Å². The van der Waals surface area contributed by atoms with Gasteiger partial charge in [0.05, 0.1) is 12.2 Å². The zero-order valence-corrected chi connectivity index (χ0v) is 10.5. The zero-order valence-electron chi connectivity index (χ0n) is 8.95. The molecule has 2 heterocycles. The van der Waals surface area contributed by atoms with Crippen molar-refractivity contribution in [1.29, 1.82) is 0 Å². The average molecular weight is 264 g/mol. The third-order valence-electron chi connectivity index (χ3n) is 2.67. The summed E-state index contributed by atoms with van der Waals surface area (Å²) in [5.41, 5.74) is 1.02. The quantitative estimate of drug-likeness (QED) is 0.793. The van der Waals surface area contributed by atoms with Crippen LogP contribution in [0.15, 0.2) is 52.1 Å². The molecule has 0 amide bonds. The van der Waals surface area contributed by atoms with Crippen LogP contribution >= 0.6 is 22.9 Å². The van der Waals surface area contributed by atoms with Crippen LogP contribution in [-0.2, 0) is 0 Å². The smallest absolute Gasteiger partial charge is 0.110 e. The molecule has 1 aromatic heterocycles. The molecule has 1 unspecified atom stereocenters. The summed E-state index contributed by atoms with van der Waals surface area (Å²) in [5, 5.41) is 13.1. The van der Waals surface area contributed by atoms with Crippen LogP contribution < -0.4 is 5.01 Å². The highest BCUT2D eigenvalue weighted by atomic mass is 35.5. The van der Waals surface area contributed by atoms with Gasteiger partial charge >= 0.3 is 0 Å². The maximum absolute atomic E-state index is 5.88. The van der Waals surface area contributed by atoms with Crippen molar-refractivity contribution < 1.29 is 0 Å². The fraction of sp³-hybridized carbons (Fsp3) is 0.167. The molecule has 0 saturated heterocycles. The van der Waals surface area contributed by atoms with Crippen LogP contribution in [0.1, 0.15) is 10.9 Å². The molecule has 1 atom stereocenters. The summed E-state index contributed by atoms with van der Waals surface area (Å²) < 4.78 is 0. The zero-order chi connectivity index (χ0) is 11.7. The molecule has 1 aromatic carbocycles. The highest BCUT2D eigenvalue weighted by Gasteiger charge is 2.26. The molecule has 5 heteroatoms. The third-order valence-corrected chi connectivity index (χ3v) is 3.90. The molecule has 1 aliphatic heterocycles. The normalized spacial score (nSPS) is 18.9. The first-order chi connectivity index (χ1) is 8.34. The molecular weight excluding hydrogens is 254 g/mol. The summed E-state index contributed by atoms with van der Waals surface area (Å²) in [6.45, 7) is 0.711. The van der Waals surface area contributed by atoms with Gasteiger partial charge in [0, 0.05) is 9.90 Å². The van der Waals surface area contributed by atoms with Crippen molar-refractivity contribution in [3.05, 3.63) is 51.7 Å². The van der Waals surface area contributed by atoms with E-state index in [1.54, 1.807) is 11.3 Å². The Bertz CT molecular complexity index is 521. The predicted molar refractivity (Wildman–Crippen MR) is 70.7 cm³/mol. The van der Waals surface area contributed by atoms with Gasteiger partial charge in [-0.2, -0.15) is 5.11 Å². The Hall–Kier alpha value is -1.39. The standard InChI is InChI=1S/C12H10ClN3S/c13-9-3-5-10(6-4-9)16-11(8-14-15-16)12-2-1-7-17-12/h1-7,11H,8H2. The first kappa shape index (κ1) is 10.7. The molecular formula is C12H10ClN3S. The van der Waals surface area contributed by atoms with Crippen LogP contribution in [0.3, 0.4) is 0 Å². The van der Waals surface area contributed by atoms with Crippen LogP contribution in [-0.4, -0.2) is 6.54 Å². The highest BCUT2D eigenvalue weighted by Crippen LogP contribution is 2.34. The number of rotatable bonds is 2. The maximum atomic E-state index is 5.88. The fourth-order valence-electron chi connectivity index (χ4n) is 1.84. The molecule has 0 aliphatic carbocycles. The largest absolute Gasteiger partial charge is 0.237 e. The van der Waals surface area contributed by atoms with E-state index in [2.05, 4.69) is 27.9 Å². The fourth-order valence-corrected chi connectivity index (χ4v) is 2.77. The molecule has 1 aliphatic rings. The van der Waals surface area contributed by atoms with Crippen molar-refractivity contribution in [1.82, 2.24) is 0 Å². The Kier molecular flexibility index (Phi) is 2.82. The molecule has 0 N–H and O–H groups in total. The third kappa shape index (κ3) is 2.06. The number of anilines is 1. The first-order valence-electron chi connectivity index (χ1n) is 5.30. The molecule has 3 nitrogen and oxygen atoms in total. The van der Waals surface area contributed by atoms with Gasteiger partial charge in [0.1, 0.15) is 6.04 Å². The topological polar surface area (TPSA) is 28.0 Å². The number of benzene rings is 1. The molecule has 2 aromatic rings. The molecule has 17 heavy (non-hydrogen) atoms. The number of hydrogen-bond donors (Lipinski definition) is 0. The van der Waals surface area contributed by atoms with Crippen LogP contribution in [0.2, 0.25) is 5.02 Å². The van der Waals surface area contributed by atoms with Crippen molar-refractivity contribution in [3.63, 3.8) is 0 Å². The van der Waals surface area contributed by atoms with Crippen LogP contribution in [0, 0.1) is 0 Å². The Morgan fingerprint density at radius 2 is 2.06 bits per heavy atom. The van der Waals surface area contributed by atoms with E-state index in [0.29, 0.717) is 6.54 Å². The second kappa shape index (κ2) is 4.47. The summed E-state index contributed by atoms with van der Waals surface area (Å²) >= 11 is 7.62. The van der Waals surface area contributed by atoms with E-state index < -0.39 is 0 Å². The summed E-state index contributed by atoms with van der Waals surface area (Å²) in [6, 6.07) is 12.1.